The molecular weight excluding hydrogens is 302 g/mol. The zero-order valence-corrected chi connectivity index (χ0v) is 13.9. The number of carbonyl (C=O) groups is 1. The molecule has 2 heterocycles. The van der Waals surface area contributed by atoms with Crippen LogP contribution in [0.4, 0.5) is 5.69 Å². The second-order valence-electron chi connectivity index (χ2n) is 6.05. The van der Waals surface area contributed by atoms with Crippen LogP contribution in [0.1, 0.15) is 41.9 Å². The maximum Gasteiger partial charge on any atom is 0.269 e. The molecule has 3 rings (SSSR count). The highest BCUT2D eigenvalue weighted by atomic mass is 16.5. The fraction of sp³-hybridized carbons (Fsp3) is 0.368. The molecule has 2 atom stereocenters. The summed E-state index contributed by atoms with van der Waals surface area (Å²) >= 11 is 0. The van der Waals surface area contributed by atoms with Gasteiger partial charge in [0, 0.05) is 19.2 Å². The highest BCUT2D eigenvalue weighted by Gasteiger charge is 2.17. The molecule has 126 valence electrons. The van der Waals surface area contributed by atoms with Crippen molar-refractivity contribution in [2.75, 3.05) is 18.5 Å². The molecule has 5 nitrogen and oxygen atoms in total. The van der Waals surface area contributed by atoms with Gasteiger partial charge in [-0.1, -0.05) is 30.3 Å². The molecule has 2 aromatic rings. The van der Waals surface area contributed by atoms with Crippen LogP contribution in [0.15, 0.2) is 48.7 Å². The molecule has 2 N–H and O–H groups in total. The van der Waals surface area contributed by atoms with E-state index in [9.17, 15) is 4.79 Å². The normalized spacial score (nSPS) is 18.1. The van der Waals surface area contributed by atoms with E-state index in [0.717, 1.165) is 25.1 Å². The summed E-state index contributed by atoms with van der Waals surface area (Å²) in [6, 6.07) is 14.0. The zero-order chi connectivity index (χ0) is 16.8. The minimum atomic E-state index is -0.159. The summed E-state index contributed by atoms with van der Waals surface area (Å²) in [4.78, 5) is 16.4. The van der Waals surface area contributed by atoms with E-state index in [4.69, 9.17) is 4.74 Å². The van der Waals surface area contributed by atoms with Gasteiger partial charge < -0.3 is 15.4 Å². The summed E-state index contributed by atoms with van der Waals surface area (Å²) in [5.74, 6) is -0.159. The largest absolute Gasteiger partial charge is 0.377 e. The summed E-state index contributed by atoms with van der Waals surface area (Å²) < 4.78 is 5.50. The Hall–Kier alpha value is -2.40. The van der Waals surface area contributed by atoms with Crippen LogP contribution in [0.5, 0.6) is 0 Å². The molecule has 1 saturated heterocycles. The molecule has 1 aliphatic rings. The number of benzene rings is 1. The monoisotopic (exact) mass is 325 g/mol. The minimum Gasteiger partial charge on any atom is -0.377 e. The molecule has 0 aliphatic carbocycles. The molecule has 1 aliphatic heterocycles. The van der Waals surface area contributed by atoms with Gasteiger partial charge in [-0.05, 0) is 37.5 Å². The summed E-state index contributed by atoms with van der Waals surface area (Å²) in [5, 5.41) is 6.27. The number of aromatic nitrogens is 1. The maximum atomic E-state index is 12.1. The average molecular weight is 325 g/mol. The molecule has 0 saturated carbocycles. The maximum absolute atomic E-state index is 12.1. The number of pyridine rings is 1. The van der Waals surface area contributed by atoms with Crippen molar-refractivity contribution >= 4 is 11.6 Å². The van der Waals surface area contributed by atoms with E-state index in [-0.39, 0.29) is 18.1 Å². The minimum absolute atomic E-state index is 0.140. The van der Waals surface area contributed by atoms with E-state index in [1.807, 2.05) is 24.3 Å². The number of rotatable bonds is 6. The van der Waals surface area contributed by atoms with Crippen molar-refractivity contribution in [1.82, 2.24) is 10.3 Å². The van der Waals surface area contributed by atoms with Crippen LogP contribution >= 0.6 is 0 Å². The number of ether oxygens (including phenoxy) is 1. The van der Waals surface area contributed by atoms with Crippen molar-refractivity contribution in [3.63, 3.8) is 0 Å². The second-order valence-corrected chi connectivity index (χ2v) is 6.05. The number of anilines is 1. The van der Waals surface area contributed by atoms with Gasteiger partial charge in [0.05, 0.1) is 18.0 Å². The van der Waals surface area contributed by atoms with E-state index in [1.54, 1.807) is 12.3 Å². The van der Waals surface area contributed by atoms with Crippen molar-refractivity contribution in [2.45, 2.75) is 31.9 Å². The first kappa shape index (κ1) is 16.5. The third kappa shape index (κ3) is 4.32. The molecule has 1 fully saturated rings. The van der Waals surface area contributed by atoms with Gasteiger partial charge in [0.15, 0.2) is 0 Å². The lowest BCUT2D eigenvalue weighted by Gasteiger charge is -2.15. The Bertz CT molecular complexity index is 652. The van der Waals surface area contributed by atoms with E-state index in [1.165, 1.54) is 5.56 Å². The van der Waals surface area contributed by atoms with Gasteiger partial charge in [0.1, 0.15) is 5.69 Å². The molecule has 1 amide bonds. The fourth-order valence-electron chi connectivity index (χ4n) is 2.79. The van der Waals surface area contributed by atoms with Gasteiger partial charge in [-0.3, -0.25) is 4.79 Å². The highest BCUT2D eigenvalue weighted by Crippen LogP contribution is 2.18. The van der Waals surface area contributed by atoms with Gasteiger partial charge >= 0.3 is 0 Å². The lowest BCUT2D eigenvalue weighted by Crippen LogP contribution is -2.32. The standard InChI is InChI=1S/C19H23N3O2/c1-14(15-6-3-2-4-7-15)22-16-9-10-18(20-12-16)19(23)21-13-17-8-5-11-24-17/h2-4,6-7,9-10,12,14,17,22H,5,8,11,13H2,1H3,(H,21,23). The zero-order valence-electron chi connectivity index (χ0n) is 13.9. The number of nitrogens with one attached hydrogen (secondary N) is 2. The van der Waals surface area contributed by atoms with Crippen molar-refractivity contribution in [2.24, 2.45) is 0 Å². The lowest BCUT2D eigenvalue weighted by molar-refractivity contribution is 0.0854. The summed E-state index contributed by atoms with van der Waals surface area (Å²) in [7, 11) is 0. The Morgan fingerprint density at radius 2 is 2.12 bits per heavy atom. The summed E-state index contributed by atoms with van der Waals surface area (Å²) in [6.45, 7) is 3.43. The molecule has 0 bridgehead atoms. The lowest BCUT2D eigenvalue weighted by atomic mass is 10.1. The molecule has 24 heavy (non-hydrogen) atoms. The Balaban J connectivity index is 1.53. The van der Waals surface area contributed by atoms with Crippen LogP contribution in [0.2, 0.25) is 0 Å². The number of hydrogen-bond donors (Lipinski definition) is 2. The molecular formula is C19H23N3O2. The van der Waals surface area contributed by atoms with E-state index >= 15 is 0 Å². The number of hydrogen-bond acceptors (Lipinski definition) is 4. The van der Waals surface area contributed by atoms with E-state index in [0.29, 0.717) is 12.2 Å². The van der Waals surface area contributed by atoms with Crippen LogP contribution < -0.4 is 10.6 Å². The van der Waals surface area contributed by atoms with Crippen LogP contribution in [0, 0.1) is 0 Å². The quantitative estimate of drug-likeness (QED) is 0.856. The van der Waals surface area contributed by atoms with Gasteiger partial charge in [-0.2, -0.15) is 0 Å². The first-order valence-corrected chi connectivity index (χ1v) is 8.40. The highest BCUT2D eigenvalue weighted by molar-refractivity contribution is 5.92. The van der Waals surface area contributed by atoms with E-state index in [2.05, 4.69) is 34.7 Å². The molecule has 0 spiro atoms. The van der Waals surface area contributed by atoms with Crippen molar-refractivity contribution in [1.29, 1.82) is 0 Å². The Labute approximate surface area is 142 Å². The van der Waals surface area contributed by atoms with Crippen molar-refractivity contribution in [3.05, 3.63) is 59.9 Å². The van der Waals surface area contributed by atoms with Crippen LogP contribution in [-0.2, 0) is 4.74 Å². The molecule has 1 aromatic carbocycles. The van der Waals surface area contributed by atoms with Gasteiger partial charge in [0.2, 0.25) is 0 Å². The van der Waals surface area contributed by atoms with Gasteiger partial charge in [-0.25, -0.2) is 4.98 Å². The Kier molecular flexibility index (Phi) is 5.43. The molecule has 5 heteroatoms. The second kappa shape index (κ2) is 7.93. The topological polar surface area (TPSA) is 63.2 Å². The van der Waals surface area contributed by atoms with Crippen LogP contribution in [-0.4, -0.2) is 30.1 Å². The van der Waals surface area contributed by atoms with Crippen LogP contribution in [0.3, 0.4) is 0 Å². The molecule has 2 unspecified atom stereocenters. The van der Waals surface area contributed by atoms with Crippen molar-refractivity contribution in [3.8, 4) is 0 Å². The van der Waals surface area contributed by atoms with E-state index < -0.39 is 0 Å². The number of nitrogens with zero attached hydrogens (tertiary/aromatic N) is 1. The predicted octanol–water partition coefficient (Wildman–Crippen LogP) is 3.16. The van der Waals surface area contributed by atoms with Crippen molar-refractivity contribution < 1.29 is 9.53 Å². The SMILES string of the molecule is CC(Nc1ccc(C(=O)NCC2CCCO2)nc1)c1ccccc1. The Morgan fingerprint density at radius 1 is 1.29 bits per heavy atom. The fourth-order valence-corrected chi connectivity index (χ4v) is 2.79. The predicted molar refractivity (Wildman–Crippen MR) is 94.0 cm³/mol. The third-order valence-electron chi connectivity index (χ3n) is 4.19. The smallest absolute Gasteiger partial charge is 0.269 e. The summed E-state index contributed by atoms with van der Waals surface area (Å²) in [6.07, 6.45) is 3.91. The van der Waals surface area contributed by atoms with Gasteiger partial charge in [-0.15, -0.1) is 0 Å². The molecule has 1 aromatic heterocycles. The number of carbonyl (C=O) groups excluding carboxylic acids is 1. The Morgan fingerprint density at radius 3 is 2.79 bits per heavy atom. The third-order valence-corrected chi connectivity index (χ3v) is 4.19. The van der Waals surface area contributed by atoms with Gasteiger partial charge in [0.25, 0.3) is 5.91 Å². The first-order chi connectivity index (χ1) is 11.7. The first-order valence-electron chi connectivity index (χ1n) is 8.40. The number of amides is 1. The summed E-state index contributed by atoms with van der Waals surface area (Å²) in [5.41, 5.74) is 2.52. The average Bonchev–Trinajstić information content (AvgIpc) is 3.14. The molecule has 0 radical (unpaired) electrons. The van der Waals surface area contributed by atoms with Crippen LogP contribution in [0.25, 0.3) is 0 Å².